The summed E-state index contributed by atoms with van der Waals surface area (Å²) >= 11 is 0. The highest BCUT2D eigenvalue weighted by molar-refractivity contribution is 6.02. The SMILES string of the molecule is Cn1c(=O)c(C(=O)NCC(=O)OC(C)(C)C)c(O)c2cc([C@H]3CCOC3)c(C(F)(F)F)nc21. The minimum absolute atomic E-state index is 0.0476. The highest BCUT2D eigenvalue weighted by atomic mass is 19.4. The number of halogens is 3. The molecule has 0 spiro atoms. The van der Waals surface area contributed by atoms with Crippen molar-refractivity contribution in [3.05, 3.63) is 33.2 Å². The zero-order chi connectivity index (χ0) is 24.7. The molecule has 0 radical (unpaired) electrons. The molecule has 2 N–H and O–H groups in total. The van der Waals surface area contributed by atoms with Crippen molar-refractivity contribution in [1.82, 2.24) is 14.9 Å². The van der Waals surface area contributed by atoms with Crippen LogP contribution in [0.2, 0.25) is 0 Å². The molecule has 0 saturated carbocycles. The van der Waals surface area contributed by atoms with Gasteiger partial charge in [-0.05, 0) is 38.8 Å². The fourth-order valence-corrected chi connectivity index (χ4v) is 3.59. The van der Waals surface area contributed by atoms with E-state index in [0.717, 1.165) is 17.7 Å². The molecule has 1 amide bonds. The van der Waals surface area contributed by atoms with Gasteiger partial charge in [-0.3, -0.25) is 19.0 Å². The number of amides is 1. The van der Waals surface area contributed by atoms with Gasteiger partial charge in [0.25, 0.3) is 11.5 Å². The van der Waals surface area contributed by atoms with E-state index in [9.17, 15) is 32.7 Å². The number of aryl methyl sites for hydroxylation is 1. The van der Waals surface area contributed by atoms with Crippen LogP contribution >= 0.6 is 0 Å². The average Bonchev–Trinajstić information content (AvgIpc) is 3.22. The fraction of sp³-hybridized carbons (Fsp3) is 0.524. The molecule has 0 bridgehead atoms. The van der Waals surface area contributed by atoms with Crippen LogP contribution in [0, 0.1) is 0 Å². The summed E-state index contributed by atoms with van der Waals surface area (Å²) in [5.74, 6) is -3.28. The van der Waals surface area contributed by atoms with E-state index >= 15 is 0 Å². The summed E-state index contributed by atoms with van der Waals surface area (Å²) in [6, 6.07) is 1.09. The molecule has 1 atom stereocenters. The van der Waals surface area contributed by atoms with Crippen molar-refractivity contribution in [2.75, 3.05) is 19.8 Å². The van der Waals surface area contributed by atoms with Crippen LogP contribution in [0.3, 0.4) is 0 Å². The molecule has 2 aromatic heterocycles. The first kappa shape index (κ1) is 24.5. The maximum atomic E-state index is 13.7. The maximum absolute atomic E-state index is 13.7. The van der Waals surface area contributed by atoms with Gasteiger partial charge in [0.15, 0.2) is 0 Å². The second-order valence-electron chi connectivity index (χ2n) is 8.71. The van der Waals surface area contributed by atoms with Crippen molar-refractivity contribution < 1.29 is 37.3 Å². The van der Waals surface area contributed by atoms with Gasteiger partial charge in [-0.1, -0.05) is 0 Å². The Morgan fingerprint density at radius 3 is 2.55 bits per heavy atom. The number of pyridine rings is 2. The highest BCUT2D eigenvalue weighted by Crippen LogP contribution is 2.39. The topological polar surface area (TPSA) is 120 Å². The summed E-state index contributed by atoms with van der Waals surface area (Å²) in [4.78, 5) is 40.8. The lowest BCUT2D eigenvalue weighted by molar-refractivity contribution is -0.153. The molecule has 9 nitrogen and oxygen atoms in total. The number of carbonyl (C=O) groups is 2. The lowest BCUT2D eigenvalue weighted by atomic mass is 9.95. The van der Waals surface area contributed by atoms with Crippen molar-refractivity contribution in [3.8, 4) is 5.75 Å². The minimum atomic E-state index is -4.80. The molecule has 3 rings (SSSR count). The third kappa shape index (κ3) is 5.10. The van der Waals surface area contributed by atoms with Crippen LogP contribution in [0.5, 0.6) is 5.75 Å². The number of ether oxygens (including phenoxy) is 2. The Morgan fingerprint density at radius 2 is 2.00 bits per heavy atom. The standard InChI is InChI=1S/C21H24F3N3O6/c1-20(2,3)33-13(28)8-25-18(30)14-15(29)12-7-11(10-5-6-32-9-10)16(21(22,23)24)26-17(12)27(4)19(14)31/h7,10,29H,5-6,8-9H2,1-4H3,(H,25,30)/t10-/m0/s1. The van der Waals surface area contributed by atoms with E-state index in [2.05, 4.69) is 10.3 Å². The first-order valence-corrected chi connectivity index (χ1v) is 10.1. The summed E-state index contributed by atoms with van der Waals surface area (Å²) in [5, 5.41) is 12.7. The van der Waals surface area contributed by atoms with E-state index in [1.807, 2.05) is 0 Å². The molecule has 180 valence electrons. The lowest BCUT2D eigenvalue weighted by Crippen LogP contribution is -2.38. The molecule has 1 fully saturated rings. The van der Waals surface area contributed by atoms with Crippen molar-refractivity contribution in [3.63, 3.8) is 0 Å². The minimum Gasteiger partial charge on any atom is -0.506 e. The maximum Gasteiger partial charge on any atom is 0.433 e. The van der Waals surface area contributed by atoms with Gasteiger partial charge in [0.2, 0.25) is 0 Å². The van der Waals surface area contributed by atoms with Gasteiger partial charge in [-0.15, -0.1) is 0 Å². The predicted octanol–water partition coefficient (Wildman–Crippen LogP) is 2.23. The van der Waals surface area contributed by atoms with Crippen LogP contribution in [0.25, 0.3) is 11.0 Å². The Kier molecular flexibility index (Phi) is 6.42. The molecule has 33 heavy (non-hydrogen) atoms. The van der Waals surface area contributed by atoms with Crippen molar-refractivity contribution >= 4 is 22.9 Å². The summed E-state index contributed by atoms with van der Waals surface area (Å²) < 4.78 is 52.1. The van der Waals surface area contributed by atoms with E-state index in [1.165, 1.54) is 0 Å². The molecule has 1 saturated heterocycles. The number of aromatic hydroxyl groups is 1. The number of nitrogens with one attached hydrogen (secondary N) is 1. The lowest BCUT2D eigenvalue weighted by Gasteiger charge is -2.20. The Morgan fingerprint density at radius 1 is 1.33 bits per heavy atom. The van der Waals surface area contributed by atoms with Crippen molar-refractivity contribution in [2.24, 2.45) is 7.05 Å². The van der Waals surface area contributed by atoms with Gasteiger partial charge >= 0.3 is 12.1 Å². The van der Waals surface area contributed by atoms with Crippen LogP contribution in [0.1, 0.15) is 54.7 Å². The molecule has 1 aliphatic heterocycles. The van der Waals surface area contributed by atoms with Crippen molar-refractivity contribution in [2.45, 2.75) is 44.9 Å². The third-order valence-electron chi connectivity index (χ3n) is 5.04. The zero-order valence-corrected chi connectivity index (χ0v) is 18.5. The van der Waals surface area contributed by atoms with Gasteiger partial charge in [-0.2, -0.15) is 13.2 Å². The number of nitrogens with zero attached hydrogens (tertiary/aromatic N) is 2. The number of hydrogen-bond acceptors (Lipinski definition) is 7. The number of carbonyl (C=O) groups excluding carboxylic acids is 2. The first-order chi connectivity index (χ1) is 15.2. The van der Waals surface area contributed by atoms with Crippen LogP contribution in [-0.4, -0.2) is 51.9 Å². The molecule has 0 aliphatic carbocycles. The second-order valence-corrected chi connectivity index (χ2v) is 8.71. The summed E-state index contributed by atoms with van der Waals surface area (Å²) in [5.41, 5.74) is -4.40. The number of alkyl halides is 3. The van der Waals surface area contributed by atoms with Gasteiger partial charge in [0.1, 0.15) is 34.8 Å². The quantitative estimate of drug-likeness (QED) is 0.657. The molecular weight excluding hydrogens is 447 g/mol. The second kappa shape index (κ2) is 8.65. The van der Waals surface area contributed by atoms with Crippen LogP contribution in [0.4, 0.5) is 13.2 Å². The highest BCUT2D eigenvalue weighted by Gasteiger charge is 2.39. The molecule has 12 heteroatoms. The van der Waals surface area contributed by atoms with E-state index < -0.39 is 64.3 Å². The third-order valence-corrected chi connectivity index (χ3v) is 5.04. The number of hydrogen-bond donors (Lipinski definition) is 2. The molecule has 0 unspecified atom stereocenters. The van der Waals surface area contributed by atoms with Gasteiger partial charge in [0.05, 0.1) is 12.0 Å². The Balaban J connectivity index is 2.08. The van der Waals surface area contributed by atoms with Crippen LogP contribution in [0.15, 0.2) is 10.9 Å². The number of esters is 1. The monoisotopic (exact) mass is 471 g/mol. The Hall–Kier alpha value is -3.15. The summed E-state index contributed by atoms with van der Waals surface area (Å²) in [6.45, 7) is 4.64. The smallest absolute Gasteiger partial charge is 0.433 e. The number of fused-ring (bicyclic) bond motifs is 1. The van der Waals surface area contributed by atoms with Crippen LogP contribution in [-0.2, 0) is 27.5 Å². The van der Waals surface area contributed by atoms with E-state index in [0.29, 0.717) is 6.42 Å². The molecule has 1 aliphatic rings. The van der Waals surface area contributed by atoms with E-state index in [-0.39, 0.29) is 24.2 Å². The van der Waals surface area contributed by atoms with E-state index in [4.69, 9.17) is 9.47 Å². The molecule has 3 heterocycles. The number of aromatic nitrogens is 2. The summed E-state index contributed by atoms with van der Waals surface area (Å²) in [6.07, 6.45) is -4.48. The fourth-order valence-electron chi connectivity index (χ4n) is 3.59. The zero-order valence-electron chi connectivity index (χ0n) is 18.5. The number of rotatable bonds is 4. The largest absolute Gasteiger partial charge is 0.506 e. The van der Waals surface area contributed by atoms with Crippen LogP contribution < -0.4 is 10.9 Å². The van der Waals surface area contributed by atoms with Gasteiger partial charge in [0, 0.05) is 19.6 Å². The Labute approximate surface area is 186 Å². The Bertz CT molecular complexity index is 1160. The molecular formula is C21H24F3N3O6. The average molecular weight is 471 g/mol. The summed E-state index contributed by atoms with van der Waals surface area (Å²) in [7, 11) is 1.14. The predicted molar refractivity (Wildman–Crippen MR) is 110 cm³/mol. The van der Waals surface area contributed by atoms with E-state index in [1.54, 1.807) is 20.8 Å². The van der Waals surface area contributed by atoms with Crippen molar-refractivity contribution in [1.29, 1.82) is 0 Å². The van der Waals surface area contributed by atoms with Gasteiger partial charge < -0.3 is 19.9 Å². The molecule has 2 aromatic rings. The normalized spacial score (nSPS) is 16.8. The van der Waals surface area contributed by atoms with Gasteiger partial charge in [-0.25, -0.2) is 4.98 Å². The molecule has 0 aromatic carbocycles. The first-order valence-electron chi connectivity index (χ1n) is 10.1.